The van der Waals surface area contributed by atoms with Gasteiger partial charge in [-0.3, -0.25) is 0 Å². The molecule has 0 aliphatic rings. The van der Waals surface area contributed by atoms with Crippen LogP contribution in [0.4, 0.5) is 22.7 Å². The van der Waals surface area contributed by atoms with E-state index in [9.17, 15) is 0 Å². The fourth-order valence-electron chi connectivity index (χ4n) is 2.70. The molecule has 4 aromatic carbocycles. The predicted molar refractivity (Wildman–Crippen MR) is 139 cm³/mol. The van der Waals surface area contributed by atoms with Gasteiger partial charge >= 0.3 is 0 Å². The van der Waals surface area contributed by atoms with Crippen LogP contribution in [0.25, 0.3) is 22.3 Å². The Kier molecular flexibility index (Phi) is 9.33. The molecule has 0 bridgehead atoms. The van der Waals surface area contributed by atoms with Gasteiger partial charge < -0.3 is 22.9 Å². The lowest BCUT2D eigenvalue weighted by molar-refractivity contribution is 1.61. The molecule has 5 heteroatoms. The van der Waals surface area contributed by atoms with Gasteiger partial charge in [-0.05, 0) is 70.8 Å². The van der Waals surface area contributed by atoms with E-state index in [2.05, 4.69) is 0 Å². The Hall–Kier alpha value is -3.57. The van der Waals surface area contributed by atoms with Crippen LogP contribution in [0.2, 0.25) is 0 Å². The first-order valence-corrected chi connectivity index (χ1v) is 8.94. The zero-order chi connectivity index (χ0) is 19.9. The Labute approximate surface area is 186 Å². The molecule has 0 aliphatic carbocycles. The van der Waals surface area contributed by atoms with Crippen LogP contribution in [0, 0.1) is 0 Å². The molecule has 0 fully saturated rings. The van der Waals surface area contributed by atoms with Crippen LogP contribution in [-0.2, 0) is 0 Å². The smallest absolute Gasteiger partial charge is 0.0314 e. The Morgan fingerprint density at radius 3 is 0.567 bits per heavy atom. The average Bonchev–Trinajstić information content (AvgIpc) is 2.71. The first-order valence-electron chi connectivity index (χ1n) is 8.94. The number of benzene rings is 4. The minimum Gasteiger partial charge on any atom is -0.399 e. The average molecular weight is 419 g/mol. The molecule has 4 nitrogen and oxygen atoms in total. The van der Waals surface area contributed by atoms with E-state index in [0.29, 0.717) is 0 Å². The molecule has 0 unspecified atom stereocenters. The van der Waals surface area contributed by atoms with Crippen LogP contribution < -0.4 is 22.9 Å². The van der Waals surface area contributed by atoms with Crippen LogP contribution in [0.5, 0.6) is 0 Å². The molecule has 8 N–H and O–H groups in total. The summed E-state index contributed by atoms with van der Waals surface area (Å²) in [6, 6.07) is 31.2. The number of hydrogen-bond acceptors (Lipinski definition) is 4. The van der Waals surface area contributed by atoms with Gasteiger partial charge in [0.05, 0.1) is 0 Å². The van der Waals surface area contributed by atoms with Crippen LogP contribution in [0.15, 0.2) is 97.1 Å². The number of nitrogens with two attached hydrogens (primary N) is 4. The van der Waals surface area contributed by atoms with Crippen molar-refractivity contribution in [3.8, 4) is 22.3 Å². The Balaban J connectivity index is 0.000000281. The molecule has 0 saturated carbocycles. The lowest BCUT2D eigenvalue weighted by atomic mass is 10.1. The number of rotatable bonds is 2. The summed E-state index contributed by atoms with van der Waals surface area (Å²) in [7, 11) is 0. The molecule has 0 amide bonds. The zero-order valence-corrected chi connectivity index (χ0v) is 17.0. The molecular formula is C25H30N4S. The summed E-state index contributed by atoms with van der Waals surface area (Å²) in [4.78, 5) is 0. The van der Waals surface area contributed by atoms with Crippen molar-refractivity contribution < 1.29 is 0 Å². The second-order valence-electron chi connectivity index (χ2n) is 6.49. The van der Waals surface area contributed by atoms with Crippen molar-refractivity contribution in [1.29, 1.82) is 0 Å². The molecule has 0 aliphatic heterocycles. The molecule has 30 heavy (non-hydrogen) atoms. The molecule has 0 heterocycles. The molecule has 0 radical (unpaired) electrons. The molecule has 4 rings (SSSR count). The Bertz CT molecular complexity index is 837. The van der Waals surface area contributed by atoms with E-state index in [-0.39, 0.29) is 20.9 Å². The third-order valence-corrected chi connectivity index (χ3v) is 4.31. The van der Waals surface area contributed by atoms with Gasteiger partial charge in [0.2, 0.25) is 0 Å². The monoisotopic (exact) mass is 418 g/mol. The molecule has 0 spiro atoms. The molecule has 156 valence electrons. The highest BCUT2D eigenvalue weighted by atomic mass is 32.1. The van der Waals surface area contributed by atoms with E-state index in [1.165, 1.54) is 0 Å². The lowest BCUT2D eigenvalue weighted by Crippen LogP contribution is -1.85. The summed E-state index contributed by atoms with van der Waals surface area (Å²) in [5.74, 6) is 0. The van der Waals surface area contributed by atoms with Crippen molar-refractivity contribution in [2.45, 2.75) is 7.43 Å². The predicted octanol–water partition coefficient (Wildman–Crippen LogP) is 5.78. The zero-order valence-electron chi connectivity index (χ0n) is 16.0. The molecule has 4 aromatic rings. The highest BCUT2D eigenvalue weighted by molar-refractivity contribution is 7.59. The van der Waals surface area contributed by atoms with Gasteiger partial charge in [-0.2, -0.15) is 13.5 Å². The van der Waals surface area contributed by atoms with Gasteiger partial charge in [-0.1, -0.05) is 56.0 Å². The summed E-state index contributed by atoms with van der Waals surface area (Å²) in [6.07, 6.45) is 0. The summed E-state index contributed by atoms with van der Waals surface area (Å²) in [6.45, 7) is 0. The normalized spacial score (nSPS) is 9.33. The first kappa shape index (κ1) is 24.5. The fourth-order valence-corrected chi connectivity index (χ4v) is 2.70. The summed E-state index contributed by atoms with van der Waals surface area (Å²) < 4.78 is 0. The van der Waals surface area contributed by atoms with Crippen molar-refractivity contribution in [3.63, 3.8) is 0 Å². The van der Waals surface area contributed by atoms with E-state index in [1.807, 2.05) is 97.1 Å². The van der Waals surface area contributed by atoms with Crippen molar-refractivity contribution in [2.75, 3.05) is 22.9 Å². The number of anilines is 4. The van der Waals surface area contributed by atoms with Gasteiger partial charge in [0.25, 0.3) is 0 Å². The Morgan fingerprint density at radius 2 is 0.433 bits per heavy atom. The molecule has 0 aromatic heterocycles. The van der Waals surface area contributed by atoms with Crippen molar-refractivity contribution in [1.82, 2.24) is 0 Å². The standard InChI is InChI=1S/2C12H12N2.CH4.H2S/c2*13-11-5-1-9(2-6-11)10-3-7-12(14)8-4-10;;/h2*1-8H,13-14H2;1H4;1H2. The van der Waals surface area contributed by atoms with Crippen LogP contribution >= 0.6 is 13.5 Å². The molecule has 0 atom stereocenters. The van der Waals surface area contributed by atoms with Gasteiger partial charge in [-0.25, -0.2) is 0 Å². The van der Waals surface area contributed by atoms with Gasteiger partial charge in [0, 0.05) is 22.7 Å². The third-order valence-electron chi connectivity index (χ3n) is 4.31. The Morgan fingerprint density at radius 1 is 0.300 bits per heavy atom. The lowest BCUT2D eigenvalue weighted by Gasteiger charge is -2.02. The third kappa shape index (κ3) is 6.79. The topological polar surface area (TPSA) is 104 Å². The van der Waals surface area contributed by atoms with E-state index < -0.39 is 0 Å². The maximum atomic E-state index is 5.61. The number of nitrogen functional groups attached to an aromatic ring is 4. The summed E-state index contributed by atoms with van der Waals surface area (Å²) in [5.41, 5.74) is 30.2. The second-order valence-corrected chi connectivity index (χ2v) is 6.49. The first-order chi connectivity index (χ1) is 13.5. The van der Waals surface area contributed by atoms with E-state index >= 15 is 0 Å². The van der Waals surface area contributed by atoms with E-state index in [4.69, 9.17) is 22.9 Å². The fraction of sp³-hybridized carbons (Fsp3) is 0.0400. The quantitative estimate of drug-likeness (QED) is 0.309. The van der Waals surface area contributed by atoms with E-state index in [1.54, 1.807) is 0 Å². The highest BCUT2D eigenvalue weighted by Crippen LogP contribution is 2.22. The van der Waals surface area contributed by atoms with Gasteiger partial charge in [-0.15, -0.1) is 0 Å². The molecular weight excluding hydrogens is 388 g/mol. The van der Waals surface area contributed by atoms with Gasteiger partial charge in [0.15, 0.2) is 0 Å². The largest absolute Gasteiger partial charge is 0.399 e. The minimum atomic E-state index is 0. The highest BCUT2D eigenvalue weighted by Gasteiger charge is 1.97. The van der Waals surface area contributed by atoms with Crippen molar-refractivity contribution in [3.05, 3.63) is 97.1 Å². The van der Waals surface area contributed by atoms with Gasteiger partial charge in [0.1, 0.15) is 0 Å². The summed E-state index contributed by atoms with van der Waals surface area (Å²) >= 11 is 0. The number of hydrogen-bond donors (Lipinski definition) is 4. The van der Waals surface area contributed by atoms with Crippen LogP contribution in [0.3, 0.4) is 0 Å². The second kappa shape index (κ2) is 11.4. The van der Waals surface area contributed by atoms with Crippen LogP contribution in [0.1, 0.15) is 7.43 Å². The minimum absolute atomic E-state index is 0. The van der Waals surface area contributed by atoms with Crippen LogP contribution in [-0.4, -0.2) is 0 Å². The molecule has 0 saturated heterocycles. The van der Waals surface area contributed by atoms with E-state index in [0.717, 1.165) is 45.0 Å². The maximum absolute atomic E-state index is 5.61. The SMILES string of the molecule is C.Nc1ccc(-c2ccc(N)cc2)cc1.Nc1ccc(-c2ccc(N)cc2)cc1.S. The van der Waals surface area contributed by atoms with Crippen molar-refractivity contribution in [2.24, 2.45) is 0 Å². The maximum Gasteiger partial charge on any atom is 0.0314 e. The summed E-state index contributed by atoms with van der Waals surface area (Å²) in [5, 5.41) is 0. The van der Waals surface area contributed by atoms with Crippen molar-refractivity contribution >= 4 is 36.2 Å².